The summed E-state index contributed by atoms with van der Waals surface area (Å²) >= 11 is 0. The molecule has 2 rings (SSSR count). The number of carbonyl (C=O) groups is 3. The van der Waals surface area contributed by atoms with Crippen LogP contribution in [0.1, 0.15) is 38.0 Å². The molecule has 3 amide bonds. The molecular formula is C21H30N4O5. The van der Waals surface area contributed by atoms with Crippen LogP contribution in [0.4, 0.5) is 0 Å². The molecule has 2 heterocycles. The summed E-state index contributed by atoms with van der Waals surface area (Å²) in [5.41, 5.74) is 2.73. The predicted molar refractivity (Wildman–Crippen MR) is 110 cm³/mol. The van der Waals surface area contributed by atoms with Crippen molar-refractivity contribution in [2.45, 2.75) is 40.2 Å². The highest BCUT2D eigenvalue weighted by molar-refractivity contribution is 5.88. The lowest BCUT2D eigenvalue weighted by molar-refractivity contribution is -0.135. The smallest absolute Gasteiger partial charge is 0.244 e. The maximum Gasteiger partial charge on any atom is 0.244 e. The summed E-state index contributed by atoms with van der Waals surface area (Å²) in [6.45, 7) is 5.92. The van der Waals surface area contributed by atoms with Gasteiger partial charge in [0.2, 0.25) is 17.7 Å². The molecule has 0 aliphatic heterocycles. The van der Waals surface area contributed by atoms with Crippen molar-refractivity contribution in [1.29, 1.82) is 0 Å². The molecule has 0 radical (unpaired) electrons. The number of aryl methyl sites for hydroxylation is 1. The number of nitrogens with one attached hydrogen (secondary N) is 3. The van der Waals surface area contributed by atoms with Gasteiger partial charge in [-0.1, -0.05) is 19.9 Å². The molecule has 9 heteroatoms. The van der Waals surface area contributed by atoms with E-state index in [-0.39, 0.29) is 31.3 Å². The van der Waals surface area contributed by atoms with Crippen LogP contribution in [0.2, 0.25) is 0 Å². The van der Waals surface area contributed by atoms with Gasteiger partial charge in [-0.15, -0.1) is 0 Å². The highest BCUT2D eigenvalue weighted by Crippen LogP contribution is 2.15. The zero-order chi connectivity index (χ0) is 22.4. The highest BCUT2D eigenvalue weighted by Gasteiger charge is 2.23. The van der Waals surface area contributed by atoms with Crippen molar-refractivity contribution in [2.24, 2.45) is 11.8 Å². The van der Waals surface area contributed by atoms with Crippen LogP contribution < -0.4 is 16.1 Å². The number of furan rings is 1. The van der Waals surface area contributed by atoms with Crippen LogP contribution in [0.25, 0.3) is 0 Å². The Bertz CT molecular complexity index is 763. The van der Waals surface area contributed by atoms with Gasteiger partial charge in [-0.2, -0.15) is 0 Å². The molecule has 2 aromatic rings. The highest BCUT2D eigenvalue weighted by atomic mass is 16.5. The Kier molecular flexibility index (Phi) is 11.5. The van der Waals surface area contributed by atoms with Gasteiger partial charge in [0.25, 0.3) is 0 Å². The molecule has 164 valence electrons. The number of pyridine rings is 1. The van der Waals surface area contributed by atoms with E-state index in [9.17, 15) is 14.4 Å². The monoisotopic (exact) mass is 418 g/mol. The van der Waals surface area contributed by atoms with Gasteiger partial charge in [0, 0.05) is 24.7 Å². The molecule has 0 aromatic carbocycles. The Morgan fingerprint density at radius 3 is 2.40 bits per heavy atom. The number of carbonyl (C=O) groups excluding carboxylic acids is 3. The summed E-state index contributed by atoms with van der Waals surface area (Å²) in [5, 5.41) is 13.7. The molecule has 0 saturated carbocycles. The lowest BCUT2D eigenvalue weighted by Gasteiger charge is -2.17. The Morgan fingerprint density at radius 2 is 1.90 bits per heavy atom. The number of rotatable bonds is 9. The van der Waals surface area contributed by atoms with Crippen LogP contribution in [0, 0.1) is 18.8 Å². The summed E-state index contributed by atoms with van der Waals surface area (Å²) in [7, 11) is 0. The van der Waals surface area contributed by atoms with Crippen molar-refractivity contribution >= 4 is 17.7 Å². The van der Waals surface area contributed by atoms with E-state index >= 15 is 0 Å². The molecule has 2 aromatic heterocycles. The molecule has 0 bridgehead atoms. The number of aromatic nitrogens is 1. The number of hydrogen-bond donors (Lipinski definition) is 4. The molecule has 0 aliphatic rings. The van der Waals surface area contributed by atoms with E-state index < -0.39 is 17.7 Å². The molecule has 1 atom stereocenters. The van der Waals surface area contributed by atoms with Crippen molar-refractivity contribution in [3.63, 3.8) is 0 Å². The van der Waals surface area contributed by atoms with Gasteiger partial charge in [0.05, 0.1) is 19.4 Å². The lowest BCUT2D eigenvalue weighted by atomic mass is 9.93. The number of amides is 3. The SMILES string of the molecule is CC(C)CC(CC(=O)NO)C(=O)NCC(=O)NCc1ccco1.Cc1cccnc1. The van der Waals surface area contributed by atoms with E-state index in [2.05, 4.69) is 15.6 Å². The van der Waals surface area contributed by atoms with Crippen molar-refractivity contribution < 1.29 is 24.0 Å². The third-order valence-electron chi connectivity index (χ3n) is 3.96. The lowest BCUT2D eigenvalue weighted by Crippen LogP contribution is -2.40. The second-order valence-electron chi connectivity index (χ2n) is 7.17. The largest absolute Gasteiger partial charge is 0.467 e. The van der Waals surface area contributed by atoms with E-state index in [1.807, 2.05) is 39.1 Å². The first-order valence-corrected chi connectivity index (χ1v) is 9.68. The van der Waals surface area contributed by atoms with Crippen molar-refractivity contribution in [2.75, 3.05) is 6.54 Å². The Balaban J connectivity index is 0.000000539. The molecule has 0 fully saturated rings. The Hall–Kier alpha value is -3.20. The number of nitrogens with zero attached hydrogens (tertiary/aromatic N) is 1. The van der Waals surface area contributed by atoms with Gasteiger partial charge in [0.1, 0.15) is 5.76 Å². The second-order valence-corrected chi connectivity index (χ2v) is 7.17. The molecule has 30 heavy (non-hydrogen) atoms. The minimum atomic E-state index is -0.631. The third-order valence-corrected chi connectivity index (χ3v) is 3.96. The molecule has 1 unspecified atom stereocenters. The van der Waals surface area contributed by atoms with Gasteiger partial charge in [-0.05, 0) is 43.0 Å². The fourth-order valence-corrected chi connectivity index (χ4v) is 2.54. The molecule has 0 saturated heterocycles. The van der Waals surface area contributed by atoms with E-state index in [0.29, 0.717) is 12.2 Å². The molecule has 4 N–H and O–H groups in total. The third kappa shape index (κ3) is 11.0. The average Bonchev–Trinajstić information content (AvgIpc) is 3.24. The predicted octanol–water partition coefficient (Wildman–Crippen LogP) is 1.96. The van der Waals surface area contributed by atoms with Gasteiger partial charge in [0.15, 0.2) is 0 Å². The molecule has 9 nitrogen and oxygen atoms in total. The van der Waals surface area contributed by atoms with Crippen molar-refractivity contribution in [3.8, 4) is 0 Å². The summed E-state index contributed by atoms with van der Waals surface area (Å²) in [4.78, 5) is 38.9. The van der Waals surface area contributed by atoms with E-state index in [1.54, 1.807) is 18.3 Å². The summed E-state index contributed by atoms with van der Waals surface area (Å²) in [5.74, 6) is -1.17. The zero-order valence-electron chi connectivity index (χ0n) is 17.6. The fourth-order valence-electron chi connectivity index (χ4n) is 2.54. The minimum absolute atomic E-state index is 0.130. The van der Waals surface area contributed by atoms with E-state index in [1.165, 1.54) is 17.3 Å². The Morgan fingerprint density at radius 1 is 1.13 bits per heavy atom. The minimum Gasteiger partial charge on any atom is -0.467 e. The first kappa shape index (κ1) is 24.8. The zero-order valence-corrected chi connectivity index (χ0v) is 17.6. The van der Waals surface area contributed by atoms with Gasteiger partial charge < -0.3 is 15.1 Å². The molecule has 0 aliphatic carbocycles. The Labute approximate surface area is 176 Å². The van der Waals surface area contributed by atoms with Crippen LogP contribution in [0.5, 0.6) is 0 Å². The first-order valence-electron chi connectivity index (χ1n) is 9.68. The standard InChI is InChI=1S/C15H23N3O5.C6H7N/c1-10(2)6-11(7-13(19)18-22)15(21)17-9-14(20)16-8-12-4-3-5-23-12;1-6-3-2-4-7-5-6/h3-5,10-11,22H,6-9H2,1-2H3,(H,16,20)(H,17,21)(H,18,19);2-5H,1H3. The van der Waals surface area contributed by atoms with Gasteiger partial charge >= 0.3 is 0 Å². The van der Waals surface area contributed by atoms with Crippen LogP contribution >= 0.6 is 0 Å². The quantitative estimate of drug-likeness (QED) is 0.363. The van der Waals surface area contributed by atoms with Crippen molar-refractivity contribution in [3.05, 3.63) is 54.2 Å². The second kappa shape index (κ2) is 13.9. The molecule has 0 spiro atoms. The topological polar surface area (TPSA) is 134 Å². The number of hydrogen-bond acceptors (Lipinski definition) is 6. The number of hydroxylamine groups is 1. The van der Waals surface area contributed by atoms with E-state index in [0.717, 1.165) is 0 Å². The van der Waals surface area contributed by atoms with E-state index in [4.69, 9.17) is 9.62 Å². The maximum absolute atomic E-state index is 12.1. The summed E-state index contributed by atoms with van der Waals surface area (Å²) in [6.07, 6.45) is 5.46. The summed E-state index contributed by atoms with van der Waals surface area (Å²) < 4.78 is 5.08. The fraction of sp³-hybridized carbons (Fsp3) is 0.429. The van der Waals surface area contributed by atoms with Gasteiger partial charge in [-0.3, -0.25) is 24.6 Å². The van der Waals surface area contributed by atoms with Crippen LogP contribution in [-0.4, -0.2) is 34.5 Å². The van der Waals surface area contributed by atoms with Crippen molar-refractivity contribution in [1.82, 2.24) is 21.1 Å². The van der Waals surface area contributed by atoms with Crippen LogP contribution in [-0.2, 0) is 20.9 Å². The average molecular weight is 418 g/mol. The molecular weight excluding hydrogens is 388 g/mol. The van der Waals surface area contributed by atoms with Crippen LogP contribution in [0.3, 0.4) is 0 Å². The first-order chi connectivity index (χ1) is 14.3. The normalized spacial score (nSPS) is 11.1. The summed E-state index contributed by atoms with van der Waals surface area (Å²) in [6, 6.07) is 7.39. The van der Waals surface area contributed by atoms with Gasteiger partial charge in [-0.25, -0.2) is 5.48 Å². The van der Waals surface area contributed by atoms with Crippen LogP contribution in [0.15, 0.2) is 47.3 Å². The maximum atomic E-state index is 12.1.